The minimum absolute atomic E-state index is 0.0550. The number of carbonyl (C=O) groups excluding carboxylic acids is 1. The Morgan fingerprint density at radius 2 is 2.16 bits per heavy atom. The smallest absolute Gasteiger partial charge is 0.276 e. The van der Waals surface area contributed by atoms with Gasteiger partial charge in [0.15, 0.2) is 5.69 Å². The molecule has 1 saturated heterocycles. The van der Waals surface area contributed by atoms with Crippen molar-refractivity contribution in [1.82, 2.24) is 10.1 Å². The summed E-state index contributed by atoms with van der Waals surface area (Å²) in [6.07, 6.45) is 0.703. The van der Waals surface area contributed by atoms with Gasteiger partial charge in [0.05, 0.1) is 10.6 Å². The largest absolute Gasteiger partial charge is 0.362 e. The maximum absolute atomic E-state index is 14.4. The van der Waals surface area contributed by atoms with E-state index in [9.17, 15) is 14.4 Å². The van der Waals surface area contributed by atoms with Gasteiger partial charge in [-0.25, -0.2) is 4.39 Å². The van der Waals surface area contributed by atoms with E-state index in [2.05, 4.69) is 11.2 Å². The van der Waals surface area contributed by atoms with Crippen LogP contribution in [0.5, 0.6) is 0 Å². The van der Waals surface area contributed by atoms with Gasteiger partial charge in [-0.3, -0.25) is 4.79 Å². The number of rotatable bonds is 5. The van der Waals surface area contributed by atoms with E-state index in [1.807, 2.05) is 4.90 Å². The lowest BCUT2D eigenvalue weighted by Crippen LogP contribution is -2.39. The number of hydrogen-bond acceptors (Lipinski definition) is 5. The summed E-state index contributed by atoms with van der Waals surface area (Å²) < 4.78 is 19.4. The summed E-state index contributed by atoms with van der Waals surface area (Å²) in [5, 5.41) is 13.3. The van der Waals surface area contributed by atoms with Crippen LogP contribution in [0.15, 0.2) is 53.1 Å². The zero-order chi connectivity index (χ0) is 22.0. The predicted octanol–water partition coefficient (Wildman–Crippen LogP) is 4.57. The number of aromatic nitrogens is 1. The number of aryl methyl sites for hydroxylation is 1. The molecule has 2 heterocycles. The normalized spacial score (nSPS) is 15.7. The highest BCUT2D eigenvalue weighted by Gasteiger charge is 2.32. The minimum atomic E-state index is -0.295. The summed E-state index contributed by atoms with van der Waals surface area (Å²) in [5.74, 6) is 0.0896. The Morgan fingerprint density at radius 1 is 1.35 bits per heavy atom. The van der Waals surface area contributed by atoms with Gasteiger partial charge < -0.3 is 14.3 Å². The SMILES string of the molecule is Cc1cc(C(=O)N2CCC(N(Cc3ccccc3F)c3ccc(C#N)c(Cl)c3)C2)no1. The van der Waals surface area contributed by atoms with Crippen LogP contribution >= 0.6 is 11.6 Å². The third kappa shape index (κ3) is 4.39. The first-order valence-corrected chi connectivity index (χ1v) is 10.3. The fraction of sp³-hybridized carbons (Fsp3) is 0.261. The molecule has 0 aliphatic carbocycles. The van der Waals surface area contributed by atoms with Crippen molar-refractivity contribution < 1.29 is 13.7 Å². The van der Waals surface area contributed by atoms with Crippen molar-refractivity contribution in [3.05, 3.63) is 82.0 Å². The second kappa shape index (κ2) is 8.78. The second-order valence-corrected chi connectivity index (χ2v) is 7.92. The first-order valence-electron chi connectivity index (χ1n) is 9.88. The molecule has 6 nitrogen and oxygen atoms in total. The molecule has 2 aromatic carbocycles. The molecule has 158 valence electrons. The molecule has 8 heteroatoms. The number of likely N-dealkylation sites (tertiary alicyclic amines) is 1. The number of anilines is 1. The molecule has 4 rings (SSSR count). The molecule has 0 spiro atoms. The van der Waals surface area contributed by atoms with Crippen molar-refractivity contribution >= 4 is 23.2 Å². The average Bonchev–Trinajstić information content (AvgIpc) is 3.42. The maximum Gasteiger partial charge on any atom is 0.276 e. The monoisotopic (exact) mass is 438 g/mol. The predicted molar refractivity (Wildman–Crippen MR) is 114 cm³/mol. The molecule has 0 saturated carbocycles. The number of halogens is 2. The molecule has 0 radical (unpaired) electrons. The lowest BCUT2D eigenvalue weighted by Gasteiger charge is -2.32. The van der Waals surface area contributed by atoms with E-state index in [0.717, 1.165) is 5.69 Å². The maximum atomic E-state index is 14.4. The van der Waals surface area contributed by atoms with Gasteiger partial charge in [0.2, 0.25) is 0 Å². The van der Waals surface area contributed by atoms with Gasteiger partial charge in [-0.05, 0) is 37.6 Å². The molecule has 31 heavy (non-hydrogen) atoms. The Morgan fingerprint density at radius 3 is 2.84 bits per heavy atom. The number of amides is 1. The third-order valence-corrected chi connectivity index (χ3v) is 5.75. The zero-order valence-corrected chi connectivity index (χ0v) is 17.6. The average molecular weight is 439 g/mol. The van der Waals surface area contributed by atoms with Crippen LogP contribution in [-0.2, 0) is 6.54 Å². The summed E-state index contributed by atoms with van der Waals surface area (Å²) in [6.45, 7) is 3.05. The van der Waals surface area contributed by atoms with Gasteiger partial charge >= 0.3 is 0 Å². The molecular weight excluding hydrogens is 419 g/mol. The molecule has 0 N–H and O–H groups in total. The quantitative estimate of drug-likeness (QED) is 0.583. The van der Waals surface area contributed by atoms with Crippen LogP contribution in [0.2, 0.25) is 5.02 Å². The summed E-state index contributed by atoms with van der Waals surface area (Å²) in [5.41, 5.74) is 1.96. The number of carbonyl (C=O) groups is 1. The first kappa shape index (κ1) is 20.9. The van der Waals surface area contributed by atoms with Gasteiger partial charge in [-0.15, -0.1) is 0 Å². The first-order chi connectivity index (χ1) is 15.0. The Bertz CT molecular complexity index is 1160. The molecule has 1 aromatic heterocycles. The molecule has 1 amide bonds. The minimum Gasteiger partial charge on any atom is -0.362 e. The van der Waals surface area contributed by atoms with Crippen molar-refractivity contribution in [2.45, 2.75) is 25.9 Å². The molecule has 1 aliphatic heterocycles. The fourth-order valence-electron chi connectivity index (χ4n) is 3.82. The van der Waals surface area contributed by atoms with E-state index in [-0.39, 0.29) is 23.5 Å². The number of nitriles is 1. The van der Waals surface area contributed by atoms with Crippen molar-refractivity contribution in [3.63, 3.8) is 0 Å². The van der Waals surface area contributed by atoms with E-state index >= 15 is 0 Å². The number of benzene rings is 2. The van der Waals surface area contributed by atoms with Crippen LogP contribution in [0.1, 0.15) is 33.8 Å². The van der Waals surface area contributed by atoms with Crippen LogP contribution in [0, 0.1) is 24.1 Å². The van der Waals surface area contributed by atoms with Crippen molar-refractivity contribution in [2.24, 2.45) is 0 Å². The van der Waals surface area contributed by atoms with Crippen LogP contribution in [0.25, 0.3) is 0 Å². The van der Waals surface area contributed by atoms with Crippen LogP contribution in [0.3, 0.4) is 0 Å². The summed E-state index contributed by atoms with van der Waals surface area (Å²) in [4.78, 5) is 16.5. The standard InChI is InChI=1S/C23H20ClFN4O2/c1-15-10-22(27-31-15)23(30)28-9-8-19(14-28)29(13-17-4-2-3-5-21(17)25)18-7-6-16(12-26)20(24)11-18/h2-7,10-11,19H,8-9,13-14H2,1H3. The Labute approximate surface area is 184 Å². The third-order valence-electron chi connectivity index (χ3n) is 5.44. The molecular formula is C23H20ClFN4O2. The summed E-state index contributed by atoms with van der Waals surface area (Å²) in [6, 6.07) is 15.4. The van der Waals surface area contributed by atoms with Gasteiger partial charge in [-0.2, -0.15) is 5.26 Å². The molecule has 0 bridgehead atoms. The lowest BCUT2D eigenvalue weighted by molar-refractivity contribution is 0.0780. The molecule has 1 fully saturated rings. The Balaban J connectivity index is 1.61. The highest BCUT2D eigenvalue weighted by Crippen LogP contribution is 2.30. The Kier molecular flexibility index (Phi) is 5.92. The van der Waals surface area contributed by atoms with E-state index in [1.165, 1.54) is 6.07 Å². The highest BCUT2D eigenvalue weighted by atomic mass is 35.5. The highest BCUT2D eigenvalue weighted by molar-refractivity contribution is 6.32. The Hall–Kier alpha value is -3.37. The van der Waals surface area contributed by atoms with E-state index < -0.39 is 0 Å². The van der Waals surface area contributed by atoms with Crippen molar-refractivity contribution in [2.75, 3.05) is 18.0 Å². The van der Waals surface area contributed by atoms with Gasteiger partial charge in [0, 0.05) is 43.0 Å². The molecule has 1 aliphatic rings. The number of nitrogens with zero attached hydrogens (tertiary/aromatic N) is 4. The molecule has 1 unspecified atom stereocenters. The van der Waals surface area contributed by atoms with Crippen LogP contribution < -0.4 is 4.90 Å². The van der Waals surface area contributed by atoms with Gasteiger partial charge in [0.25, 0.3) is 5.91 Å². The topological polar surface area (TPSA) is 73.4 Å². The molecule has 3 aromatic rings. The van der Waals surface area contributed by atoms with E-state index in [1.54, 1.807) is 54.3 Å². The van der Waals surface area contributed by atoms with Gasteiger partial charge in [-0.1, -0.05) is 35.0 Å². The van der Waals surface area contributed by atoms with Crippen molar-refractivity contribution in [3.8, 4) is 6.07 Å². The van der Waals surface area contributed by atoms with Gasteiger partial charge in [0.1, 0.15) is 17.6 Å². The van der Waals surface area contributed by atoms with E-state index in [0.29, 0.717) is 48.0 Å². The number of hydrogen-bond donors (Lipinski definition) is 0. The van der Waals surface area contributed by atoms with Crippen molar-refractivity contribution in [1.29, 1.82) is 5.26 Å². The zero-order valence-electron chi connectivity index (χ0n) is 16.9. The summed E-state index contributed by atoms with van der Waals surface area (Å²) >= 11 is 6.27. The van der Waals surface area contributed by atoms with Crippen LogP contribution in [-0.4, -0.2) is 35.1 Å². The van der Waals surface area contributed by atoms with Crippen LogP contribution in [0.4, 0.5) is 10.1 Å². The fourth-order valence-corrected chi connectivity index (χ4v) is 4.04. The summed E-state index contributed by atoms with van der Waals surface area (Å²) in [7, 11) is 0. The second-order valence-electron chi connectivity index (χ2n) is 7.51. The molecule has 1 atom stereocenters. The lowest BCUT2D eigenvalue weighted by atomic mass is 10.1. The van der Waals surface area contributed by atoms with E-state index in [4.69, 9.17) is 16.1 Å².